The number of hydrogen-bond acceptors (Lipinski definition) is 6. The van der Waals surface area contributed by atoms with Crippen molar-refractivity contribution in [3.8, 4) is 5.75 Å². The van der Waals surface area contributed by atoms with Crippen LogP contribution in [0.15, 0.2) is 126 Å². The SMILES string of the molecule is O=C(NNc1ccccc1)[C@@]1(C/C=C/c2ccccc2)N=C(c2ccc(OCCCO)cc2)O[C@H]1c1ccccc1. The van der Waals surface area contributed by atoms with E-state index in [0.29, 0.717) is 31.1 Å². The Balaban J connectivity index is 1.50. The number of anilines is 1. The van der Waals surface area contributed by atoms with Gasteiger partial charge in [0.1, 0.15) is 5.75 Å². The molecule has 0 aliphatic carbocycles. The number of benzene rings is 4. The summed E-state index contributed by atoms with van der Waals surface area (Å²) in [5.74, 6) is 0.748. The van der Waals surface area contributed by atoms with Gasteiger partial charge in [-0.2, -0.15) is 0 Å². The first-order chi connectivity index (χ1) is 20.2. The first kappa shape index (κ1) is 27.7. The molecule has 41 heavy (non-hydrogen) atoms. The zero-order valence-corrected chi connectivity index (χ0v) is 22.6. The fraction of sp³-hybridized carbons (Fsp3) is 0.176. The molecule has 3 N–H and O–H groups in total. The highest BCUT2D eigenvalue weighted by Crippen LogP contribution is 2.43. The molecule has 0 radical (unpaired) electrons. The summed E-state index contributed by atoms with van der Waals surface area (Å²) in [6, 6.07) is 36.5. The van der Waals surface area contributed by atoms with Crippen LogP contribution in [0.1, 0.15) is 35.6 Å². The largest absolute Gasteiger partial charge is 0.494 e. The number of nitrogens with zero attached hydrogens (tertiary/aromatic N) is 1. The minimum Gasteiger partial charge on any atom is -0.494 e. The Morgan fingerprint density at radius 1 is 0.902 bits per heavy atom. The van der Waals surface area contributed by atoms with E-state index >= 15 is 0 Å². The van der Waals surface area contributed by atoms with Crippen LogP contribution in [0.5, 0.6) is 5.75 Å². The third kappa shape index (κ3) is 6.83. The highest BCUT2D eigenvalue weighted by Gasteiger charge is 2.52. The molecule has 0 saturated heterocycles. The van der Waals surface area contributed by atoms with E-state index in [2.05, 4.69) is 10.9 Å². The van der Waals surface area contributed by atoms with Crippen molar-refractivity contribution in [2.45, 2.75) is 24.5 Å². The van der Waals surface area contributed by atoms with Gasteiger partial charge in [0.2, 0.25) is 5.90 Å². The average Bonchev–Trinajstić information content (AvgIpc) is 3.42. The minimum absolute atomic E-state index is 0.0750. The Bertz CT molecular complexity index is 1460. The van der Waals surface area contributed by atoms with Crippen molar-refractivity contribution in [3.05, 3.63) is 138 Å². The molecule has 1 heterocycles. The molecule has 0 bridgehead atoms. The molecule has 0 aromatic heterocycles. The van der Waals surface area contributed by atoms with Gasteiger partial charge in [0, 0.05) is 25.0 Å². The van der Waals surface area contributed by atoms with Gasteiger partial charge in [-0.1, -0.05) is 91.0 Å². The van der Waals surface area contributed by atoms with E-state index in [1.807, 2.05) is 127 Å². The number of aliphatic hydroxyl groups excluding tert-OH is 1. The van der Waals surface area contributed by atoms with Crippen LogP contribution in [0, 0.1) is 0 Å². The fourth-order valence-electron chi connectivity index (χ4n) is 4.64. The molecule has 0 saturated carbocycles. The third-order valence-electron chi connectivity index (χ3n) is 6.77. The van der Waals surface area contributed by atoms with E-state index in [1.54, 1.807) is 0 Å². The monoisotopic (exact) mass is 547 g/mol. The van der Waals surface area contributed by atoms with Crippen LogP contribution in [0.2, 0.25) is 0 Å². The first-order valence-electron chi connectivity index (χ1n) is 13.7. The zero-order valence-electron chi connectivity index (χ0n) is 22.6. The number of hydrogen-bond donors (Lipinski definition) is 3. The molecule has 1 amide bonds. The Hall–Kier alpha value is -4.88. The van der Waals surface area contributed by atoms with Crippen LogP contribution < -0.4 is 15.6 Å². The highest BCUT2D eigenvalue weighted by molar-refractivity contribution is 6.01. The maximum Gasteiger partial charge on any atom is 0.270 e. The van der Waals surface area contributed by atoms with E-state index < -0.39 is 11.6 Å². The number of aliphatic hydroxyl groups is 1. The number of para-hydroxylation sites is 1. The Labute approximate surface area is 240 Å². The van der Waals surface area contributed by atoms with E-state index in [-0.39, 0.29) is 12.5 Å². The molecule has 0 fully saturated rings. The van der Waals surface area contributed by atoms with Crippen molar-refractivity contribution >= 4 is 23.6 Å². The molecule has 0 spiro atoms. The molecule has 208 valence electrons. The van der Waals surface area contributed by atoms with Crippen molar-refractivity contribution in [1.82, 2.24) is 5.43 Å². The van der Waals surface area contributed by atoms with Gasteiger partial charge in [-0.3, -0.25) is 15.6 Å². The smallest absolute Gasteiger partial charge is 0.270 e. The Kier molecular flexibility index (Phi) is 9.08. The number of ether oxygens (including phenoxy) is 2. The molecule has 4 aromatic carbocycles. The van der Waals surface area contributed by atoms with Gasteiger partial charge in [0.25, 0.3) is 5.91 Å². The topological polar surface area (TPSA) is 92.2 Å². The molecule has 5 rings (SSSR count). The molecule has 7 nitrogen and oxygen atoms in total. The maximum absolute atomic E-state index is 14.1. The lowest BCUT2D eigenvalue weighted by Crippen LogP contribution is -2.49. The predicted octanol–water partition coefficient (Wildman–Crippen LogP) is 5.95. The van der Waals surface area contributed by atoms with Gasteiger partial charge in [-0.25, -0.2) is 4.99 Å². The highest BCUT2D eigenvalue weighted by atomic mass is 16.5. The van der Waals surface area contributed by atoms with E-state index in [1.165, 1.54) is 0 Å². The Morgan fingerprint density at radius 2 is 1.56 bits per heavy atom. The third-order valence-corrected chi connectivity index (χ3v) is 6.77. The number of carbonyl (C=O) groups excluding carboxylic acids is 1. The van der Waals surface area contributed by atoms with Crippen LogP contribution in [-0.4, -0.2) is 35.7 Å². The maximum atomic E-state index is 14.1. The van der Waals surface area contributed by atoms with Crippen molar-refractivity contribution in [1.29, 1.82) is 0 Å². The van der Waals surface area contributed by atoms with Gasteiger partial charge in [0.15, 0.2) is 11.6 Å². The standard InChI is InChI=1S/C34H33N3O4/c38-24-11-25-40-30-21-19-28(20-22-30)32-35-34(23-10-14-26-12-4-1-5-13-26,31(41-32)27-15-6-2-7-16-27)33(39)37-36-29-17-8-3-9-18-29/h1-10,12-22,31,36,38H,11,23-25H2,(H,37,39)/b14-10+/t31-,34-/m0/s1. The van der Waals surface area contributed by atoms with E-state index in [4.69, 9.17) is 19.6 Å². The first-order valence-corrected chi connectivity index (χ1v) is 13.7. The van der Waals surface area contributed by atoms with Crippen LogP contribution in [0.25, 0.3) is 6.08 Å². The van der Waals surface area contributed by atoms with Gasteiger partial charge in [0.05, 0.1) is 12.3 Å². The number of rotatable bonds is 12. The summed E-state index contributed by atoms with van der Waals surface area (Å²) < 4.78 is 12.2. The summed E-state index contributed by atoms with van der Waals surface area (Å²) in [6.45, 7) is 0.500. The summed E-state index contributed by atoms with van der Waals surface area (Å²) in [6.07, 6.45) is 4.16. The van der Waals surface area contributed by atoms with Gasteiger partial charge >= 0.3 is 0 Å². The van der Waals surface area contributed by atoms with Crippen molar-refractivity contribution in [2.75, 3.05) is 18.6 Å². The second-order valence-electron chi connectivity index (χ2n) is 9.66. The van der Waals surface area contributed by atoms with Crippen molar-refractivity contribution in [2.24, 2.45) is 4.99 Å². The summed E-state index contributed by atoms with van der Waals surface area (Å²) in [5, 5.41) is 9.02. The predicted molar refractivity (Wildman–Crippen MR) is 161 cm³/mol. The summed E-state index contributed by atoms with van der Waals surface area (Å²) in [4.78, 5) is 19.1. The van der Waals surface area contributed by atoms with Gasteiger partial charge in [-0.15, -0.1) is 0 Å². The van der Waals surface area contributed by atoms with E-state index in [9.17, 15) is 4.79 Å². The molecule has 1 aliphatic rings. The minimum atomic E-state index is -1.29. The molecule has 0 unspecified atom stereocenters. The average molecular weight is 548 g/mol. The number of aliphatic imine (C=N–C) groups is 1. The second kappa shape index (κ2) is 13.5. The van der Waals surface area contributed by atoms with E-state index in [0.717, 1.165) is 22.4 Å². The number of nitrogens with one attached hydrogen (secondary N) is 2. The van der Waals surface area contributed by atoms with Crippen molar-refractivity contribution < 1.29 is 19.4 Å². The number of carbonyl (C=O) groups is 1. The van der Waals surface area contributed by atoms with Gasteiger partial charge < -0.3 is 14.6 Å². The fourth-order valence-corrected chi connectivity index (χ4v) is 4.64. The zero-order chi connectivity index (χ0) is 28.3. The normalized spacial score (nSPS) is 18.0. The van der Waals surface area contributed by atoms with Crippen LogP contribution in [0.4, 0.5) is 5.69 Å². The molecule has 7 heteroatoms. The van der Waals surface area contributed by atoms with Crippen LogP contribution >= 0.6 is 0 Å². The lowest BCUT2D eigenvalue weighted by Gasteiger charge is -2.30. The quantitative estimate of drug-likeness (QED) is 0.151. The summed E-state index contributed by atoms with van der Waals surface area (Å²) in [5.41, 5.74) is 7.99. The Morgan fingerprint density at radius 3 is 2.24 bits per heavy atom. The molecule has 1 aliphatic heterocycles. The number of hydrazine groups is 1. The molecule has 2 atom stereocenters. The molecular weight excluding hydrogens is 514 g/mol. The summed E-state index contributed by atoms with van der Waals surface area (Å²) in [7, 11) is 0. The number of amides is 1. The molecular formula is C34H33N3O4. The van der Waals surface area contributed by atoms with Crippen LogP contribution in [0.3, 0.4) is 0 Å². The summed E-state index contributed by atoms with van der Waals surface area (Å²) >= 11 is 0. The van der Waals surface area contributed by atoms with Crippen LogP contribution in [-0.2, 0) is 9.53 Å². The molecule has 4 aromatic rings. The lowest BCUT2D eigenvalue weighted by molar-refractivity contribution is -0.128. The van der Waals surface area contributed by atoms with Gasteiger partial charge in [-0.05, 0) is 47.5 Å². The van der Waals surface area contributed by atoms with Crippen molar-refractivity contribution in [3.63, 3.8) is 0 Å². The lowest BCUT2D eigenvalue weighted by atomic mass is 9.84. The second-order valence-corrected chi connectivity index (χ2v) is 9.66.